The minimum Gasteiger partial charge on any atom is -0.351 e. The van der Waals surface area contributed by atoms with Gasteiger partial charge < -0.3 is 10.6 Å². The third kappa shape index (κ3) is 5.02. The van der Waals surface area contributed by atoms with Crippen molar-refractivity contribution in [3.05, 3.63) is 35.0 Å². The lowest BCUT2D eigenvalue weighted by Crippen LogP contribution is -2.24. The number of nitriles is 1. The Bertz CT molecular complexity index is 815. The van der Waals surface area contributed by atoms with Crippen LogP contribution in [0.15, 0.2) is 23.6 Å². The Balaban J connectivity index is 1.65. The van der Waals surface area contributed by atoms with Crippen molar-refractivity contribution in [3.8, 4) is 6.07 Å². The molecule has 2 N–H and O–H groups in total. The molecule has 3 heterocycles. The number of rotatable bonds is 8. The number of likely N-dealkylation sites (tertiary alicyclic amines) is 1. The first-order valence-corrected chi connectivity index (χ1v) is 10.2. The number of aromatic nitrogens is 2. The molecule has 1 saturated heterocycles. The predicted molar refractivity (Wildman–Crippen MR) is 106 cm³/mol. The van der Waals surface area contributed by atoms with Crippen LogP contribution in [-0.4, -0.2) is 40.4 Å². The molecule has 0 saturated carbocycles. The van der Waals surface area contributed by atoms with Crippen LogP contribution in [0.1, 0.15) is 54.8 Å². The molecular formula is C19H24N6OS. The third-order valence-electron chi connectivity index (χ3n) is 4.54. The molecule has 0 bridgehead atoms. The predicted octanol–water partition coefficient (Wildman–Crippen LogP) is 3.47. The van der Waals surface area contributed by atoms with Crippen LogP contribution < -0.4 is 10.6 Å². The van der Waals surface area contributed by atoms with Gasteiger partial charge in [-0.25, -0.2) is 9.97 Å². The van der Waals surface area contributed by atoms with E-state index in [0.717, 1.165) is 37.9 Å². The number of amides is 1. The average molecular weight is 385 g/mol. The van der Waals surface area contributed by atoms with Gasteiger partial charge in [-0.1, -0.05) is 19.4 Å². The largest absolute Gasteiger partial charge is 0.351 e. The van der Waals surface area contributed by atoms with Gasteiger partial charge in [0.1, 0.15) is 11.5 Å². The lowest BCUT2D eigenvalue weighted by molar-refractivity contribution is 0.0949. The number of unbranched alkanes of at least 4 members (excludes halogenated alkanes) is 1. The van der Waals surface area contributed by atoms with Crippen molar-refractivity contribution in [2.45, 2.75) is 38.6 Å². The molecule has 1 amide bonds. The Labute approximate surface area is 163 Å². The Kier molecular flexibility index (Phi) is 6.74. The van der Waals surface area contributed by atoms with Crippen molar-refractivity contribution in [2.24, 2.45) is 0 Å². The Morgan fingerprint density at radius 2 is 2.33 bits per heavy atom. The summed E-state index contributed by atoms with van der Waals surface area (Å²) in [4.78, 5) is 23.3. The summed E-state index contributed by atoms with van der Waals surface area (Å²) in [6, 6.07) is 8.26. The van der Waals surface area contributed by atoms with Crippen molar-refractivity contribution in [2.75, 3.05) is 25.0 Å². The molecule has 0 aliphatic carbocycles. The minimum absolute atomic E-state index is 0.146. The number of nitrogens with one attached hydrogen (secondary N) is 2. The molecule has 142 valence electrons. The van der Waals surface area contributed by atoms with Gasteiger partial charge >= 0.3 is 0 Å². The van der Waals surface area contributed by atoms with Crippen LogP contribution in [0.3, 0.4) is 0 Å². The summed E-state index contributed by atoms with van der Waals surface area (Å²) in [6.07, 6.45) is 4.09. The smallest absolute Gasteiger partial charge is 0.270 e. The maximum Gasteiger partial charge on any atom is 0.270 e. The van der Waals surface area contributed by atoms with E-state index in [0.29, 0.717) is 29.7 Å². The molecule has 1 atom stereocenters. The second kappa shape index (κ2) is 9.44. The maximum atomic E-state index is 12.1. The lowest BCUT2D eigenvalue weighted by atomic mass is 10.1. The monoisotopic (exact) mass is 384 g/mol. The van der Waals surface area contributed by atoms with Crippen molar-refractivity contribution in [3.63, 3.8) is 0 Å². The number of carbonyl (C=O) groups is 1. The first kappa shape index (κ1) is 19.3. The summed E-state index contributed by atoms with van der Waals surface area (Å²) in [6.45, 7) is 4.11. The molecule has 1 fully saturated rings. The SMILES string of the molecule is CCCCNC(=O)c1csc(Nc2cccc([C@H]3CCCN3CC#N)n2)n1. The van der Waals surface area contributed by atoms with Gasteiger partial charge in [-0.15, -0.1) is 11.3 Å². The summed E-state index contributed by atoms with van der Waals surface area (Å²) in [5.41, 5.74) is 1.38. The highest BCUT2D eigenvalue weighted by atomic mass is 32.1. The molecule has 1 aliphatic rings. The van der Waals surface area contributed by atoms with E-state index in [1.165, 1.54) is 11.3 Å². The quantitative estimate of drug-likeness (QED) is 0.535. The molecule has 3 rings (SSSR count). The summed E-state index contributed by atoms with van der Waals surface area (Å²) < 4.78 is 0. The van der Waals surface area contributed by atoms with Crippen LogP contribution in [0.2, 0.25) is 0 Å². The van der Waals surface area contributed by atoms with Gasteiger partial charge in [0.15, 0.2) is 5.13 Å². The second-order valence-corrected chi connectivity index (χ2v) is 7.36. The van der Waals surface area contributed by atoms with Crippen molar-refractivity contribution in [1.29, 1.82) is 5.26 Å². The van der Waals surface area contributed by atoms with Gasteiger partial charge in [-0.2, -0.15) is 5.26 Å². The van der Waals surface area contributed by atoms with Gasteiger partial charge in [-0.3, -0.25) is 9.69 Å². The number of anilines is 2. The second-order valence-electron chi connectivity index (χ2n) is 6.51. The molecule has 27 heavy (non-hydrogen) atoms. The molecule has 1 aliphatic heterocycles. The first-order chi connectivity index (χ1) is 13.2. The Morgan fingerprint density at radius 1 is 1.44 bits per heavy atom. The number of hydrogen-bond donors (Lipinski definition) is 2. The molecule has 0 spiro atoms. The number of pyridine rings is 1. The molecule has 0 unspecified atom stereocenters. The van der Waals surface area contributed by atoms with Crippen molar-refractivity contribution >= 4 is 28.2 Å². The van der Waals surface area contributed by atoms with Crippen molar-refractivity contribution < 1.29 is 4.79 Å². The summed E-state index contributed by atoms with van der Waals surface area (Å²) in [5.74, 6) is 0.552. The van der Waals surface area contributed by atoms with E-state index in [2.05, 4.69) is 33.5 Å². The Morgan fingerprint density at radius 3 is 3.15 bits per heavy atom. The van der Waals surface area contributed by atoms with E-state index in [4.69, 9.17) is 10.2 Å². The van der Waals surface area contributed by atoms with Crippen LogP contribution in [0.25, 0.3) is 0 Å². The summed E-state index contributed by atoms with van der Waals surface area (Å²) in [7, 11) is 0. The number of hydrogen-bond acceptors (Lipinski definition) is 7. The molecule has 2 aromatic rings. The molecule has 7 nitrogen and oxygen atoms in total. The van der Waals surface area contributed by atoms with Crippen LogP contribution in [0, 0.1) is 11.3 Å². The third-order valence-corrected chi connectivity index (χ3v) is 5.29. The first-order valence-electron chi connectivity index (χ1n) is 9.30. The fourth-order valence-corrected chi connectivity index (χ4v) is 3.86. The van der Waals surface area contributed by atoms with Crippen LogP contribution in [0.4, 0.5) is 10.9 Å². The molecule has 2 aromatic heterocycles. The molecule has 8 heteroatoms. The highest BCUT2D eigenvalue weighted by molar-refractivity contribution is 7.14. The molecule has 0 aromatic carbocycles. The number of carbonyl (C=O) groups excluding carboxylic acids is 1. The van der Waals surface area contributed by atoms with Gasteiger partial charge in [0.05, 0.1) is 24.3 Å². The molecule has 0 radical (unpaired) electrons. The zero-order valence-corrected chi connectivity index (χ0v) is 16.3. The van der Waals surface area contributed by atoms with Gasteiger partial charge in [0, 0.05) is 11.9 Å². The zero-order valence-electron chi connectivity index (χ0n) is 15.4. The number of thiazole rings is 1. The topological polar surface area (TPSA) is 93.9 Å². The lowest BCUT2D eigenvalue weighted by Gasteiger charge is -2.21. The van der Waals surface area contributed by atoms with Gasteiger partial charge in [0.2, 0.25) is 0 Å². The fraction of sp³-hybridized carbons (Fsp3) is 0.474. The van der Waals surface area contributed by atoms with E-state index in [9.17, 15) is 4.79 Å². The normalized spacial score (nSPS) is 16.8. The van der Waals surface area contributed by atoms with Crippen LogP contribution in [-0.2, 0) is 0 Å². The average Bonchev–Trinajstić information content (AvgIpc) is 3.32. The van der Waals surface area contributed by atoms with E-state index in [1.54, 1.807) is 5.38 Å². The highest BCUT2D eigenvalue weighted by Gasteiger charge is 2.26. The molecular weight excluding hydrogens is 360 g/mol. The van der Waals surface area contributed by atoms with Crippen LogP contribution in [0.5, 0.6) is 0 Å². The van der Waals surface area contributed by atoms with Crippen LogP contribution >= 0.6 is 11.3 Å². The zero-order chi connectivity index (χ0) is 19.1. The van der Waals surface area contributed by atoms with Crippen molar-refractivity contribution in [1.82, 2.24) is 20.2 Å². The number of nitrogens with zero attached hydrogens (tertiary/aromatic N) is 4. The summed E-state index contributed by atoms with van der Waals surface area (Å²) in [5, 5.41) is 17.4. The standard InChI is InChI=1S/C19H24N6OS/c1-2-3-10-21-18(26)15-13-27-19(23-15)24-17-8-4-6-14(22-17)16-7-5-11-25(16)12-9-20/h4,6,8,13,16H,2-3,5,7,10-12H2,1H3,(H,21,26)(H,22,23,24)/t16-/m1/s1. The van der Waals surface area contributed by atoms with E-state index in [1.807, 2.05) is 18.2 Å². The van der Waals surface area contributed by atoms with E-state index in [-0.39, 0.29) is 11.9 Å². The van der Waals surface area contributed by atoms with E-state index >= 15 is 0 Å². The van der Waals surface area contributed by atoms with E-state index < -0.39 is 0 Å². The van der Waals surface area contributed by atoms with Gasteiger partial charge in [-0.05, 0) is 37.9 Å². The minimum atomic E-state index is -0.146. The van der Waals surface area contributed by atoms with Gasteiger partial charge in [0.25, 0.3) is 5.91 Å². The Hall–Kier alpha value is -2.50. The summed E-state index contributed by atoms with van der Waals surface area (Å²) >= 11 is 1.38. The highest BCUT2D eigenvalue weighted by Crippen LogP contribution is 2.31. The maximum absolute atomic E-state index is 12.1. The fourth-order valence-electron chi connectivity index (χ4n) is 3.16.